The van der Waals surface area contributed by atoms with E-state index in [0.717, 1.165) is 36.3 Å². The first-order valence-electron chi connectivity index (χ1n) is 7.33. The summed E-state index contributed by atoms with van der Waals surface area (Å²) in [6.07, 6.45) is 3.19. The Labute approximate surface area is 120 Å². The number of hydrogen-bond donors (Lipinski definition) is 2. The zero-order valence-electron chi connectivity index (χ0n) is 11.6. The van der Waals surface area contributed by atoms with Crippen LogP contribution < -0.4 is 11.1 Å². The molecule has 20 heavy (non-hydrogen) atoms. The molecule has 0 spiro atoms. The molecule has 2 aromatic rings. The molecule has 0 amide bonds. The van der Waals surface area contributed by atoms with Gasteiger partial charge in [-0.3, -0.25) is 4.98 Å². The zero-order valence-corrected chi connectivity index (χ0v) is 11.6. The monoisotopic (exact) mass is 267 g/mol. The minimum absolute atomic E-state index is 0.242. The summed E-state index contributed by atoms with van der Waals surface area (Å²) in [5, 5.41) is 3.51. The average Bonchev–Trinajstić information content (AvgIpc) is 2.51. The second-order valence-electron chi connectivity index (χ2n) is 5.45. The summed E-state index contributed by atoms with van der Waals surface area (Å²) < 4.78 is 0. The van der Waals surface area contributed by atoms with Crippen LogP contribution in [-0.4, -0.2) is 23.6 Å². The Hall–Kier alpha value is -1.71. The highest BCUT2D eigenvalue weighted by Gasteiger charge is 2.21. The van der Waals surface area contributed by atoms with Crippen LogP contribution in [0.2, 0.25) is 0 Å². The van der Waals surface area contributed by atoms with E-state index < -0.39 is 0 Å². The highest BCUT2D eigenvalue weighted by Crippen LogP contribution is 2.18. The van der Waals surface area contributed by atoms with Gasteiger partial charge in [-0.2, -0.15) is 0 Å². The van der Waals surface area contributed by atoms with E-state index in [1.807, 2.05) is 18.2 Å². The van der Waals surface area contributed by atoms with Crippen molar-refractivity contribution in [2.24, 2.45) is 5.73 Å². The fourth-order valence-corrected chi connectivity index (χ4v) is 2.79. The number of nitrogens with zero attached hydrogens (tertiary/aromatic N) is 1. The summed E-state index contributed by atoms with van der Waals surface area (Å²) >= 11 is 0. The highest BCUT2D eigenvalue weighted by atomic mass is 15.0. The fourth-order valence-electron chi connectivity index (χ4n) is 2.79. The largest absolute Gasteiger partial charge is 0.326 e. The van der Waals surface area contributed by atoms with Gasteiger partial charge in [-0.05, 0) is 31.5 Å². The van der Waals surface area contributed by atoms with Crippen molar-refractivity contribution in [3.8, 4) is 11.3 Å². The maximum absolute atomic E-state index is 6.19. The third kappa shape index (κ3) is 3.06. The Balaban J connectivity index is 1.78. The third-order valence-corrected chi connectivity index (χ3v) is 3.94. The van der Waals surface area contributed by atoms with Gasteiger partial charge in [0.2, 0.25) is 0 Å². The van der Waals surface area contributed by atoms with Gasteiger partial charge in [0.15, 0.2) is 0 Å². The van der Waals surface area contributed by atoms with E-state index >= 15 is 0 Å². The summed E-state index contributed by atoms with van der Waals surface area (Å²) in [6.45, 7) is 1.07. The van der Waals surface area contributed by atoms with E-state index in [9.17, 15) is 0 Å². The maximum atomic E-state index is 6.19. The SMILES string of the molecule is NC1CCCNC1Cc1cccc(-c2ccccc2)n1. The number of pyridine rings is 1. The van der Waals surface area contributed by atoms with Crippen molar-refractivity contribution < 1.29 is 0 Å². The molecule has 2 heterocycles. The quantitative estimate of drug-likeness (QED) is 0.897. The van der Waals surface area contributed by atoms with Crippen LogP contribution in [0.1, 0.15) is 18.5 Å². The lowest BCUT2D eigenvalue weighted by atomic mass is 9.95. The van der Waals surface area contributed by atoms with Crippen LogP contribution in [0, 0.1) is 0 Å². The van der Waals surface area contributed by atoms with Crippen molar-refractivity contribution >= 4 is 0 Å². The molecule has 1 fully saturated rings. The van der Waals surface area contributed by atoms with Crippen molar-refractivity contribution in [2.45, 2.75) is 31.3 Å². The van der Waals surface area contributed by atoms with E-state index in [1.165, 1.54) is 6.42 Å². The van der Waals surface area contributed by atoms with Gasteiger partial charge in [-0.1, -0.05) is 36.4 Å². The van der Waals surface area contributed by atoms with Gasteiger partial charge >= 0.3 is 0 Å². The summed E-state index contributed by atoms with van der Waals surface area (Å²) in [5.41, 5.74) is 9.49. The molecule has 3 N–H and O–H groups in total. The van der Waals surface area contributed by atoms with E-state index in [1.54, 1.807) is 0 Å². The molecule has 2 unspecified atom stereocenters. The first-order valence-corrected chi connectivity index (χ1v) is 7.33. The van der Waals surface area contributed by atoms with Gasteiger partial charge in [0.25, 0.3) is 0 Å². The minimum atomic E-state index is 0.242. The average molecular weight is 267 g/mol. The minimum Gasteiger partial charge on any atom is -0.326 e. The number of nitrogens with one attached hydrogen (secondary N) is 1. The Morgan fingerprint density at radius 3 is 2.75 bits per heavy atom. The number of aromatic nitrogens is 1. The van der Waals surface area contributed by atoms with Gasteiger partial charge in [-0.25, -0.2) is 0 Å². The molecule has 3 nitrogen and oxygen atoms in total. The topological polar surface area (TPSA) is 50.9 Å². The summed E-state index contributed by atoms with van der Waals surface area (Å²) in [6, 6.07) is 17.1. The molecule has 3 heteroatoms. The molecule has 1 aliphatic rings. The Morgan fingerprint density at radius 2 is 1.95 bits per heavy atom. The normalized spacial score (nSPS) is 22.6. The van der Waals surface area contributed by atoms with Gasteiger partial charge < -0.3 is 11.1 Å². The lowest BCUT2D eigenvalue weighted by molar-refractivity contribution is 0.347. The van der Waals surface area contributed by atoms with Crippen molar-refractivity contribution in [3.05, 3.63) is 54.2 Å². The van der Waals surface area contributed by atoms with Gasteiger partial charge in [0.05, 0.1) is 5.69 Å². The summed E-state index contributed by atoms with van der Waals surface area (Å²) in [5.74, 6) is 0. The van der Waals surface area contributed by atoms with Crippen LogP contribution in [0.5, 0.6) is 0 Å². The van der Waals surface area contributed by atoms with Crippen molar-refractivity contribution in [1.29, 1.82) is 0 Å². The molecule has 0 saturated carbocycles. The maximum Gasteiger partial charge on any atom is 0.0705 e. The van der Waals surface area contributed by atoms with Crippen LogP contribution in [0.25, 0.3) is 11.3 Å². The van der Waals surface area contributed by atoms with Crippen LogP contribution >= 0.6 is 0 Å². The first kappa shape index (κ1) is 13.3. The smallest absolute Gasteiger partial charge is 0.0705 e. The van der Waals surface area contributed by atoms with Crippen LogP contribution in [0.4, 0.5) is 0 Å². The van der Waals surface area contributed by atoms with Crippen LogP contribution in [0.3, 0.4) is 0 Å². The Kier molecular flexibility index (Phi) is 4.09. The lowest BCUT2D eigenvalue weighted by Gasteiger charge is -2.29. The van der Waals surface area contributed by atoms with Crippen molar-refractivity contribution in [2.75, 3.05) is 6.54 Å². The second-order valence-corrected chi connectivity index (χ2v) is 5.45. The lowest BCUT2D eigenvalue weighted by Crippen LogP contribution is -2.50. The Morgan fingerprint density at radius 1 is 1.10 bits per heavy atom. The molecule has 0 bridgehead atoms. The molecule has 3 rings (SSSR count). The van der Waals surface area contributed by atoms with E-state index in [0.29, 0.717) is 6.04 Å². The number of rotatable bonds is 3. The number of nitrogens with two attached hydrogens (primary N) is 1. The predicted molar refractivity (Wildman–Crippen MR) is 82.4 cm³/mol. The Bertz CT molecular complexity index is 553. The molecular formula is C17H21N3. The molecule has 104 valence electrons. The third-order valence-electron chi connectivity index (χ3n) is 3.94. The van der Waals surface area contributed by atoms with Crippen molar-refractivity contribution in [3.63, 3.8) is 0 Å². The predicted octanol–water partition coefficient (Wildman–Crippen LogP) is 2.37. The number of piperidine rings is 1. The van der Waals surface area contributed by atoms with E-state index in [-0.39, 0.29) is 6.04 Å². The molecule has 2 atom stereocenters. The standard InChI is InChI=1S/C17H21N3/c18-15-9-5-11-19-17(15)12-14-8-4-10-16(20-14)13-6-2-1-3-7-13/h1-4,6-8,10,15,17,19H,5,9,11-12,18H2. The van der Waals surface area contributed by atoms with E-state index in [4.69, 9.17) is 10.7 Å². The molecule has 1 saturated heterocycles. The molecule has 1 aromatic carbocycles. The molecule has 0 radical (unpaired) electrons. The highest BCUT2D eigenvalue weighted by molar-refractivity contribution is 5.58. The first-order chi connectivity index (χ1) is 9.83. The summed E-state index contributed by atoms with van der Waals surface area (Å²) in [7, 11) is 0. The van der Waals surface area contributed by atoms with Crippen LogP contribution in [0.15, 0.2) is 48.5 Å². The molecular weight excluding hydrogens is 246 g/mol. The second kappa shape index (κ2) is 6.16. The van der Waals surface area contributed by atoms with Crippen LogP contribution in [-0.2, 0) is 6.42 Å². The van der Waals surface area contributed by atoms with Crippen molar-refractivity contribution in [1.82, 2.24) is 10.3 Å². The van der Waals surface area contributed by atoms with E-state index in [2.05, 4.69) is 35.6 Å². The van der Waals surface area contributed by atoms with Gasteiger partial charge in [0, 0.05) is 29.8 Å². The summed E-state index contributed by atoms with van der Waals surface area (Å²) in [4.78, 5) is 4.78. The number of hydrogen-bond acceptors (Lipinski definition) is 3. The van der Waals surface area contributed by atoms with Gasteiger partial charge in [0.1, 0.15) is 0 Å². The number of benzene rings is 1. The zero-order chi connectivity index (χ0) is 13.8. The fraction of sp³-hybridized carbons (Fsp3) is 0.353. The van der Waals surface area contributed by atoms with Gasteiger partial charge in [-0.15, -0.1) is 0 Å². The molecule has 0 aliphatic carbocycles. The molecule has 1 aromatic heterocycles. The molecule has 1 aliphatic heterocycles.